The molecule has 0 bridgehead atoms. The highest BCUT2D eigenvalue weighted by Gasteiger charge is 2.69. The molecule has 18 nitrogen and oxygen atoms in total. The van der Waals surface area contributed by atoms with E-state index >= 15 is 0 Å². The predicted octanol–water partition coefficient (Wildman–Crippen LogP) is -0.545. The number of ether oxygens (including phenoxy) is 7. The summed E-state index contributed by atoms with van der Waals surface area (Å²) in [6.07, 6.45) is -15.0. The molecular weight excluding hydrogens is 828 g/mol. The molecule has 4 saturated heterocycles. The first-order chi connectivity index (χ1) is 29.6. The normalized spacial score (nSPS) is 56.3. The SMILES string of the molecule is C[C@@H](CC[C@@]1(O)O[C@H]2C[C@H]3[C@H]4C[C@H](O[C@@H]5O[C@H](C)[C@@H](O)[C@H](O[C@@H]6O[C@@H](C)[C@H](O)[C@@H](O)[C@H]6O)[C@H]5O)[C@H]5CC(=O)CC[C@]5(C)[C@@H]4CC[C@]3(C)[C@H]2[C@@H]1C)CO[C@@H]1O[C@H](CO)[C@@H](O)[C@H](O)[C@H]1O. The van der Waals surface area contributed by atoms with Crippen molar-refractivity contribution in [1.82, 2.24) is 0 Å². The van der Waals surface area contributed by atoms with Gasteiger partial charge in [-0.3, -0.25) is 4.79 Å². The van der Waals surface area contributed by atoms with Crippen molar-refractivity contribution in [2.75, 3.05) is 13.2 Å². The van der Waals surface area contributed by atoms with Gasteiger partial charge in [0.2, 0.25) is 0 Å². The van der Waals surface area contributed by atoms with E-state index in [1.807, 2.05) is 6.92 Å². The molecule has 18 heteroatoms. The third-order valence-electron chi connectivity index (χ3n) is 17.7. The van der Waals surface area contributed by atoms with E-state index in [2.05, 4.69) is 20.8 Å². The zero-order valence-corrected chi connectivity index (χ0v) is 37.4. The van der Waals surface area contributed by atoms with Crippen LogP contribution in [0.5, 0.6) is 0 Å². The third-order valence-corrected chi connectivity index (χ3v) is 17.7. The average Bonchev–Trinajstić information content (AvgIpc) is 3.68. The summed E-state index contributed by atoms with van der Waals surface area (Å²) >= 11 is 0. The van der Waals surface area contributed by atoms with Gasteiger partial charge in [0, 0.05) is 25.2 Å². The number of fused-ring (bicyclic) bond motifs is 7. The largest absolute Gasteiger partial charge is 0.394 e. The summed E-state index contributed by atoms with van der Waals surface area (Å²) in [7, 11) is 0. The first kappa shape index (κ1) is 48.4. The topological polar surface area (TPSA) is 284 Å². The van der Waals surface area contributed by atoms with Gasteiger partial charge in [0.05, 0.1) is 37.6 Å². The molecule has 0 aromatic carbocycles. The van der Waals surface area contributed by atoms with Gasteiger partial charge in [-0.1, -0.05) is 27.7 Å². The van der Waals surface area contributed by atoms with Gasteiger partial charge in [0.1, 0.15) is 66.8 Å². The number of carbonyl (C=O) groups is 1. The van der Waals surface area contributed by atoms with Gasteiger partial charge in [-0.2, -0.15) is 0 Å². The summed E-state index contributed by atoms with van der Waals surface area (Å²) in [5.74, 6) is -0.816. The molecule has 27 atom stereocenters. The molecule has 8 rings (SSSR count). The number of ketones is 1. The molecule has 4 aliphatic heterocycles. The fraction of sp³-hybridized carbons (Fsp3) is 0.978. The minimum atomic E-state index is -1.65. The summed E-state index contributed by atoms with van der Waals surface area (Å²) in [5.41, 5.74) is -0.407. The molecule has 0 aromatic heterocycles. The Balaban J connectivity index is 0.946. The molecule has 4 aliphatic carbocycles. The molecule has 4 saturated carbocycles. The molecule has 10 N–H and O–H groups in total. The molecule has 8 fully saturated rings. The summed E-state index contributed by atoms with van der Waals surface area (Å²) in [5, 5.41) is 107. The lowest BCUT2D eigenvalue weighted by Crippen LogP contribution is -2.64. The number of hydrogen-bond donors (Lipinski definition) is 10. The van der Waals surface area contributed by atoms with Crippen molar-refractivity contribution in [3.05, 3.63) is 0 Å². The molecule has 0 amide bonds. The predicted molar refractivity (Wildman–Crippen MR) is 217 cm³/mol. The van der Waals surface area contributed by atoms with Crippen molar-refractivity contribution in [2.24, 2.45) is 52.3 Å². The maximum atomic E-state index is 13.2. The molecule has 0 unspecified atom stereocenters. The minimum Gasteiger partial charge on any atom is -0.394 e. The lowest BCUT2D eigenvalue weighted by Gasteiger charge is -2.62. The highest BCUT2D eigenvalue weighted by molar-refractivity contribution is 5.79. The van der Waals surface area contributed by atoms with Crippen LogP contribution in [-0.2, 0) is 38.0 Å². The van der Waals surface area contributed by atoms with Gasteiger partial charge in [-0.05, 0) is 98.7 Å². The molecule has 0 spiro atoms. The summed E-state index contributed by atoms with van der Waals surface area (Å²) < 4.78 is 42.6. The molecular formula is C45H74O18. The fourth-order valence-corrected chi connectivity index (χ4v) is 13.9. The van der Waals surface area contributed by atoms with Gasteiger partial charge in [0.15, 0.2) is 24.7 Å². The molecule has 4 heterocycles. The Morgan fingerprint density at radius 2 is 1.38 bits per heavy atom. The first-order valence-corrected chi connectivity index (χ1v) is 23.5. The van der Waals surface area contributed by atoms with Crippen molar-refractivity contribution in [1.29, 1.82) is 0 Å². The van der Waals surface area contributed by atoms with Crippen LogP contribution in [0.3, 0.4) is 0 Å². The van der Waals surface area contributed by atoms with Crippen LogP contribution in [0.15, 0.2) is 0 Å². The number of aliphatic hydroxyl groups excluding tert-OH is 9. The van der Waals surface area contributed by atoms with Gasteiger partial charge in [-0.15, -0.1) is 0 Å². The lowest BCUT2D eigenvalue weighted by molar-refractivity contribution is -0.362. The second-order valence-electron chi connectivity index (χ2n) is 21.4. The Hall–Kier alpha value is -1.01. The monoisotopic (exact) mass is 902 g/mol. The average molecular weight is 903 g/mol. The zero-order valence-electron chi connectivity index (χ0n) is 37.4. The van der Waals surface area contributed by atoms with Crippen LogP contribution in [0.2, 0.25) is 0 Å². The van der Waals surface area contributed by atoms with Crippen molar-refractivity contribution < 1.29 is 89.0 Å². The molecule has 0 radical (unpaired) electrons. The fourth-order valence-electron chi connectivity index (χ4n) is 13.9. The minimum absolute atomic E-state index is 0.0791. The van der Waals surface area contributed by atoms with E-state index in [9.17, 15) is 55.9 Å². The Bertz CT molecular complexity index is 1610. The van der Waals surface area contributed by atoms with Gasteiger partial charge >= 0.3 is 0 Å². The third kappa shape index (κ3) is 8.40. The van der Waals surface area contributed by atoms with Crippen LogP contribution >= 0.6 is 0 Å². The number of Topliss-reactive ketones (excluding diaryl/α,β-unsaturated/α-hetero) is 1. The van der Waals surface area contributed by atoms with E-state index in [-0.39, 0.29) is 64.8 Å². The number of rotatable bonds is 11. The van der Waals surface area contributed by atoms with Gasteiger partial charge in [0.25, 0.3) is 0 Å². The van der Waals surface area contributed by atoms with E-state index in [1.165, 1.54) is 6.92 Å². The van der Waals surface area contributed by atoms with Crippen LogP contribution in [-0.4, -0.2) is 180 Å². The Morgan fingerprint density at radius 1 is 0.730 bits per heavy atom. The van der Waals surface area contributed by atoms with E-state index in [0.717, 1.165) is 25.7 Å². The number of aliphatic hydroxyl groups is 10. The standard InChI is InChI=1S/C45H74O18/c1-18(17-57-40-36(53)35(52)33(50)29(16-46)61-40)7-12-45(56)19(2)30-28(63-45)15-25-23-14-27(26-13-22(47)8-10-43(26,5)24(23)9-11-44(25,30)6)60-42-38(55)39(32(49)21(4)59-42)62-41-37(54)34(51)31(48)20(3)58-41/h18-21,23-42,46,48-56H,7-17H2,1-6H3/t18-,19-,20-,21+,23-,24+,25-,26+,27-,28-,29+,30-,31-,32+,33+,34+,35-,36+,37+,38+,39-,40+,41-,42-,43+,44-,45+/m0/s1. The lowest BCUT2D eigenvalue weighted by atomic mass is 9.43. The van der Waals surface area contributed by atoms with E-state index in [4.69, 9.17) is 33.2 Å². The summed E-state index contributed by atoms with van der Waals surface area (Å²) in [6, 6.07) is 0. The van der Waals surface area contributed by atoms with E-state index in [1.54, 1.807) is 6.92 Å². The van der Waals surface area contributed by atoms with E-state index < -0.39 is 111 Å². The Labute approximate surface area is 369 Å². The smallest absolute Gasteiger partial charge is 0.187 e. The first-order valence-electron chi connectivity index (χ1n) is 23.5. The maximum absolute atomic E-state index is 13.2. The van der Waals surface area contributed by atoms with Crippen molar-refractivity contribution in [2.45, 2.75) is 209 Å². The highest BCUT2D eigenvalue weighted by Crippen LogP contribution is 2.71. The molecule has 8 aliphatic rings. The second-order valence-corrected chi connectivity index (χ2v) is 21.4. The molecule has 0 aromatic rings. The quantitative estimate of drug-likeness (QED) is 0.117. The maximum Gasteiger partial charge on any atom is 0.187 e. The van der Waals surface area contributed by atoms with Crippen LogP contribution < -0.4 is 0 Å². The van der Waals surface area contributed by atoms with Crippen LogP contribution in [0.1, 0.15) is 99.3 Å². The highest BCUT2D eigenvalue weighted by atomic mass is 16.7. The van der Waals surface area contributed by atoms with Crippen LogP contribution in [0.4, 0.5) is 0 Å². The summed E-state index contributed by atoms with van der Waals surface area (Å²) in [4.78, 5) is 13.2. The van der Waals surface area contributed by atoms with Crippen LogP contribution in [0.25, 0.3) is 0 Å². The van der Waals surface area contributed by atoms with Crippen molar-refractivity contribution >= 4 is 5.78 Å². The van der Waals surface area contributed by atoms with Gasteiger partial charge < -0.3 is 84.2 Å². The second kappa shape index (κ2) is 18.1. The number of hydrogen-bond acceptors (Lipinski definition) is 18. The van der Waals surface area contributed by atoms with Gasteiger partial charge in [-0.25, -0.2) is 0 Å². The van der Waals surface area contributed by atoms with Crippen molar-refractivity contribution in [3.63, 3.8) is 0 Å². The van der Waals surface area contributed by atoms with Crippen LogP contribution in [0, 0.1) is 52.3 Å². The van der Waals surface area contributed by atoms with Crippen molar-refractivity contribution in [3.8, 4) is 0 Å². The summed E-state index contributed by atoms with van der Waals surface area (Å²) in [6.45, 7) is 11.4. The zero-order chi connectivity index (χ0) is 45.7. The molecule has 63 heavy (non-hydrogen) atoms. The Kier molecular flexibility index (Phi) is 14.0. The molecule has 362 valence electrons. The Morgan fingerprint density at radius 3 is 2.08 bits per heavy atom. The number of carbonyl (C=O) groups excluding carboxylic acids is 1. The van der Waals surface area contributed by atoms with E-state index in [0.29, 0.717) is 38.0 Å².